The summed E-state index contributed by atoms with van der Waals surface area (Å²) in [6.07, 6.45) is 3.38. The second kappa shape index (κ2) is 6.66. The highest BCUT2D eigenvalue weighted by Gasteiger charge is 2.18. The number of unbranched alkanes of at least 4 members (excludes halogenated alkanes) is 1. The second-order valence-corrected chi connectivity index (χ2v) is 6.78. The molecule has 0 spiro atoms. The van der Waals surface area contributed by atoms with E-state index in [-0.39, 0.29) is 14.9 Å². The minimum Gasteiger partial charge on any atom is -0.492 e. The van der Waals surface area contributed by atoms with Gasteiger partial charge in [0.1, 0.15) is 10.6 Å². The first-order chi connectivity index (χ1) is 8.36. The Labute approximate surface area is 121 Å². The van der Waals surface area contributed by atoms with Crippen LogP contribution in [0.4, 0.5) is 0 Å². The molecule has 0 fully saturated rings. The molecule has 0 N–H and O–H groups in total. The van der Waals surface area contributed by atoms with E-state index in [1.54, 1.807) is 6.08 Å². The Bertz CT molecular complexity index is 541. The molecule has 0 radical (unpaired) electrons. The Hall–Kier alpha value is -0.420. The van der Waals surface area contributed by atoms with Crippen molar-refractivity contribution in [3.63, 3.8) is 0 Å². The largest absolute Gasteiger partial charge is 0.492 e. The molecule has 100 valence electrons. The van der Waals surface area contributed by atoms with Crippen LogP contribution in [-0.2, 0) is 9.05 Å². The molecular formula is C11H11Cl3O3S. The van der Waals surface area contributed by atoms with Crippen LogP contribution in [-0.4, -0.2) is 15.0 Å². The summed E-state index contributed by atoms with van der Waals surface area (Å²) in [7, 11) is 1.30. The predicted molar refractivity (Wildman–Crippen MR) is 74.4 cm³/mol. The maximum absolute atomic E-state index is 11.2. The van der Waals surface area contributed by atoms with Crippen LogP contribution in [0.3, 0.4) is 0 Å². The zero-order valence-corrected chi connectivity index (χ0v) is 12.4. The van der Waals surface area contributed by atoms with E-state index in [0.717, 1.165) is 12.8 Å². The van der Waals surface area contributed by atoms with Crippen LogP contribution in [0, 0.1) is 0 Å². The molecular weight excluding hydrogens is 319 g/mol. The lowest BCUT2D eigenvalue weighted by atomic mass is 10.3. The summed E-state index contributed by atoms with van der Waals surface area (Å²) in [5.74, 6) is 0.329. The molecule has 0 aliphatic rings. The average Bonchev–Trinajstić information content (AvgIpc) is 2.27. The van der Waals surface area contributed by atoms with Crippen LogP contribution in [0.25, 0.3) is 0 Å². The third-order valence-corrected chi connectivity index (χ3v) is 4.14. The molecule has 1 aromatic carbocycles. The van der Waals surface area contributed by atoms with Gasteiger partial charge in [0.25, 0.3) is 9.05 Å². The van der Waals surface area contributed by atoms with Crippen molar-refractivity contribution in [1.82, 2.24) is 0 Å². The van der Waals surface area contributed by atoms with Crippen LogP contribution in [0.5, 0.6) is 5.75 Å². The Morgan fingerprint density at radius 1 is 1.28 bits per heavy atom. The van der Waals surface area contributed by atoms with Crippen LogP contribution in [0.2, 0.25) is 10.0 Å². The lowest BCUT2D eigenvalue weighted by Gasteiger charge is -2.09. The van der Waals surface area contributed by atoms with Gasteiger partial charge in [0.05, 0.1) is 16.7 Å². The normalized spacial score (nSPS) is 11.3. The SMILES string of the molecule is C=CCCCOc1cc(Cl)c(S(=O)(=O)Cl)cc1Cl. The van der Waals surface area contributed by atoms with Gasteiger partial charge in [0, 0.05) is 16.7 Å². The molecule has 18 heavy (non-hydrogen) atoms. The van der Waals surface area contributed by atoms with Crippen LogP contribution < -0.4 is 4.74 Å². The molecule has 0 unspecified atom stereocenters. The molecule has 0 aromatic heterocycles. The third kappa shape index (κ3) is 4.35. The van der Waals surface area contributed by atoms with E-state index in [1.165, 1.54) is 12.1 Å². The van der Waals surface area contributed by atoms with Crippen molar-refractivity contribution in [1.29, 1.82) is 0 Å². The summed E-state index contributed by atoms with van der Waals surface area (Å²) in [4.78, 5) is -0.228. The van der Waals surface area contributed by atoms with Gasteiger partial charge in [0.2, 0.25) is 0 Å². The van der Waals surface area contributed by atoms with E-state index in [2.05, 4.69) is 6.58 Å². The van der Waals surface area contributed by atoms with Crippen LogP contribution in [0.1, 0.15) is 12.8 Å². The quantitative estimate of drug-likeness (QED) is 0.445. The van der Waals surface area contributed by atoms with Gasteiger partial charge in [-0.15, -0.1) is 6.58 Å². The van der Waals surface area contributed by atoms with E-state index in [1.807, 2.05) is 0 Å². The standard InChI is InChI=1S/C11H11Cl3O3S/c1-2-3-4-5-17-10-6-9(13)11(7-8(10)12)18(14,15)16/h2,6-7H,1,3-5H2. The lowest BCUT2D eigenvalue weighted by Crippen LogP contribution is -1.99. The number of hydrogen-bond acceptors (Lipinski definition) is 3. The van der Waals surface area contributed by atoms with Crippen molar-refractivity contribution < 1.29 is 13.2 Å². The molecule has 0 atom stereocenters. The summed E-state index contributed by atoms with van der Waals surface area (Å²) in [6, 6.07) is 2.52. The Morgan fingerprint density at radius 2 is 1.94 bits per heavy atom. The van der Waals surface area contributed by atoms with Crippen LogP contribution >= 0.6 is 33.9 Å². The first-order valence-corrected chi connectivity index (χ1v) is 8.10. The van der Waals surface area contributed by atoms with Crippen molar-refractivity contribution in [2.45, 2.75) is 17.7 Å². The number of benzene rings is 1. The van der Waals surface area contributed by atoms with E-state index in [0.29, 0.717) is 12.4 Å². The number of allylic oxidation sites excluding steroid dienone is 1. The smallest absolute Gasteiger partial charge is 0.262 e. The molecule has 3 nitrogen and oxygen atoms in total. The van der Waals surface area contributed by atoms with Gasteiger partial charge in [-0.3, -0.25) is 0 Å². The molecule has 1 aromatic rings. The first kappa shape index (κ1) is 15.6. The molecule has 0 aliphatic heterocycles. The maximum atomic E-state index is 11.2. The molecule has 0 aliphatic carbocycles. The highest BCUT2D eigenvalue weighted by molar-refractivity contribution is 8.13. The summed E-state index contributed by atoms with van der Waals surface area (Å²) in [5, 5.41) is 0.130. The number of halogens is 3. The van der Waals surface area contributed by atoms with Crippen molar-refractivity contribution >= 4 is 42.9 Å². The monoisotopic (exact) mass is 328 g/mol. The molecule has 1 rings (SSSR count). The van der Waals surface area contributed by atoms with E-state index >= 15 is 0 Å². The molecule has 0 saturated heterocycles. The highest BCUT2D eigenvalue weighted by atomic mass is 35.7. The van der Waals surface area contributed by atoms with E-state index in [4.69, 9.17) is 38.6 Å². The molecule has 0 heterocycles. The zero-order valence-electron chi connectivity index (χ0n) is 9.33. The van der Waals surface area contributed by atoms with Gasteiger partial charge >= 0.3 is 0 Å². The van der Waals surface area contributed by atoms with Crippen molar-refractivity contribution in [3.05, 3.63) is 34.8 Å². The molecule has 0 saturated carbocycles. The maximum Gasteiger partial charge on any atom is 0.262 e. The van der Waals surface area contributed by atoms with E-state index in [9.17, 15) is 8.42 Å². The summed E-state index contributed by atoms with van der Waals surface area (Å²) >= 11 is 11.7. The fraction of sp³-hybridized carbons (Fsp3) is 0.273. The molecule has 0 bridgehead atoms. The second-order valence-electron chi connectivity index (χ2n) is 3.43. The summed E-state index contributed by atoms with van der Waals surface area (Å²) in [6.45, 7) is 4.03. The van der Waals surface area contributed by atoms with Gasteiger partial charge in [-0.05, 0) is 18.9 Å². The van der Waals surface area contributed by atoms with E-state index < -0.39 is 9.05 Å². The van der Waals surface area contributed by atoms with Crippen molar-refractivity contribution in [3.8, 4) is 5.75 Å². The molecule has 7 heteroatoms. The average molecular weight is 330 g/mol. The summed E-state index contributed by atoms with van der Waals surface area (Å²) in [5.41, 5.74) is 0. The predicted octanol–water partition coefficient (Wildman–Crippen LogP) is 4.27. The Morgan fingerprint density at radius 3 is 2.50 bits per heavy atom. The van der Waals surface area contributed by atoms with Crippen molar-refractivity contribution in [2.24, 2.45) is 0 Å². The van der Waals surface area contributed by atoms with Gasteiger partial charge in [-0.2, -0.15) is 0 Å². The number of ether oxygens (including phenoxy) is 1. The fourth-order valence-electron chi connectivity index (χ4n) is 1.22. The molecule has 0 amide bonds. The third-order valence-electron chi connectivity index (χ3n) is 2.06. The first-order valence-electron chi connectivity index (χ1n) is 5.03. The Kier molecular flexibility index (Phi) is 5.79. The van der Waals surface area contributed by atoms with Gasteiger partial charge in [-0.1, -0.05) is 29.3 Å². The minimum atomic E-state index is -3.91. The Balaban J connectivity index is 2.90. The van der Waals surface area contributed by atoms with Gasteiger partial charge < -0.3 is 4.74 Å². The minimum absolute atomic E-state index is 0.0203. The van der Waals surface area contributed by atoms with Gasteiger partial charge in [-0.25, -0.2) is 8.42 Å². The topological polar surface area (TPSA) is 43.4 Å². The van der Waals surface area contributed by atoms with Crippen molar-refractivity contribution in [2.75, 3.05) is 6.61 Å². The zero-order chi connectivity index (χ0) is 13.8. The summed E-state index contributed by atoms with van der Waals surface area (Å²) < 4.78 is 27.8. The fourth-order valence-corrected chi connectivity index (χ4v) is 3.01. The van der Waals surface area contributed by atoms with Crippen LogP contribution in [0.15, 0.2) is 29.7 Å². The number of hydrogen-bond donors (Lipinski definition) is 0. The number of rotatable bonds is 6. The van der Waals surface area contributed by atoms with Gasteiger partial charge in [0.15, 0.2) is 0 Å². The lowest BCUT2D eigenvalue weighted by molar-refractivity contribution is 0.312. The highest BCUT2D eigenvalue weighted by Crippen LogP contribution is 2.35.